The molecule has 1 atom stereocenters. The predicted molar refractivity (Wildman–Crippen MR) is 138 cm³/mol. The third-order valence-electron chi connectivity index (χ3n) is 5.40. The van der Waals surface area contributed by atoms with Crippen LogP contribution in [-0.4, -0.2) is 16.1 Å². The standard InChI is InChI=1S/C25H15Br2Cl2NO4/c26-17-7-16(8-18(27)10-17)20-12-25(32,23-9-14-3-1-2-4-22(14)34-23)30(24(20)31)33-13-15-5-6-19(28)11-21(15)29/h1-12,32H,13H2. The van der Waals surface area contributed by atoms with Gasteiger partial charge in [-0.05, 0) is 59.7 Å². The lowest BCUT2D eigenvalue weighted by molar-refractivity contribution is -0.267. The number of nitrogens with zero attached hydrogens (tertiary/aromatic N) is 1. The van der Waals surface area contributed by atoms with Gasteiger partial charge in [0.25, 0.3) is 5.91 Å². The first-order chi connectivity index (χ1) is 16.2. The first kappa shape index (κ1) is 23.6. The molecule has 0 radical (unpaired) electrons. The van der Waals surface area contributed by atoms with Crippen LogP contribution in [0.15, 0.2) is 86.2 Å². The number of halogens is 4. The number of aliphatic hydroxyl groups is 1. The summed E-state index contributed by atoms with van der Waals surface area (Å²) in [6.45, 7) is -0.0758. The number of furan rings is 1. The minimum absolute atomic E-state index is 0.0758. The third kappa shape index (κ3) is 4.33. The number of hydrogen-bond acceptors (Lipinski definition) is 4. The summed E-state index contributed by atoms with van der Waals surface area (Å²) in [5.74, 6) is -0.383. The van der Waals surface area contributed by atoms with Crippen molar-refractivity contribution in [2.75, 3.05) is 0 Å². The van der Waals surface area contributed by atoms with Crippen molar-refractivity contribution in [3.8, 4) is 0 Å². The molecule has 5 nitrogen and oxygen atoms in total. The smallest absolute Gasteiger partial charge is 0.281 e. The van der Waals surface area contributed by atoms with Crippen LogP contribution >= 0.6 is 55.1 Å². The molecule has 0 fully saturated rings. The summed E-state index contributed by atoms with van der Waals surface area (Å²) in [7, 11) is 0. The highest BCUT2D eigenvalue weighted by Gasteiger charge is 2.49. The number of rotatable bonds is 5. The van der Waals surface area contributed by atoms with Crippen molar-refractivity contribution in [3.05, 3.63) is 109 Å². The Bertz CT molecular complexity index is 1420. The minimum atomic E-state index is -1.99. The summed E-state index contributed by atoms with van der Waals surface area (Å²) in [6, 6.07) is 19.4. The van der Waals surface area contributed by atoms with E-state index in [0.29, 0.717) is 26.8 Å². The van der Waals surface area contributed by atoms with Crippen molar-refractivity contribution in [2.45, 2.75) is 12.3 Å². The molecule has 0 aliphatic carbocycles. The van der Waals surface area contributed by atoms with Gasteiger partial charge in [-0.3, -0.25) is 9.63 Å². The van der Waals surface area contributed by atoms with E-state index in [1.165, 1.54) is 6.08 Å². The highest BCUT2D eigenvalue weighted by Crippen LogP contribution is 2.42. The van der Waals surface area contributed by atoms with E-state index in [4.69, 9.17) is 32.5 Å². The van der Waals surface area contributed by atoms with E-state index < -0.39 is 11.6 Å². The molecule has 1 unspecified atom stereocenters. The number of fused-ring (bicyclic) bond motifs is 1. The zero-order valence-electron chi connectivity index (χ0n) is 17.3. The van der Waals surface area contributed by atoms with Gasteiger partial charge in [0, 0.05) is 24.4 Å². The van der Waals surface area contributed by atoms with E-state index in [-0.39, 0.29) is 17.9 Å². The van der Waals surface area contributed by atoms with Crippen LogP contribution in [0.25, 0.3) is 16.5 Å². The molecule has 2 heterocycles. The largest absolute Gasteiger partial charge is 0.455 e. The average molecular weight is 624 g/mol. The number of hydrogen-bond donors (Lipinski definition) is 1. The van der Waals surface area contributed by atoms with Crippen LogP contribution in [0.4, 0.5) is 0 Å². The molecule has 0 spiro atoms. The Morgan fingerprint density at radius 1 is 1.00 bits per heavy atom. The Hall–Kier alpha value is -2.13. The molecular formula is C25H15Br2Cl2NO4. The van der Waals surface area contributed by atoms with E-state index in [1.807, 2.05) is 24.3 Å². The van der Waals surface area contributed by atoms with Crippen LogP contribution < -0.4 is 0 Å². The van der Waals surface area contributed by atoms with Gasteiger partial charge in [-0.2, -0.15) is 5.06 Å². The van der Waals surface area contributed by atoms with Gasteiger partial charge in [-0.1, -0.05) is 79.3 Å². The van der Waals surface area contributed by atoms with Gasteiger partial charge in [0.05, 0.1) is 5.57 Å². The van der Waals surface area contributed by atoms with Gasteiger partial charge in [0.1, 0.15) is 12.2 Å². The summed E-state index contributed by atoms with van der Waals surface area (Å²) in [6.07, 6.45) is 1.44. The van der Waals surface area contributed by atoms with Crippen molar-refractivity contribution in [3.63, 3.8) is 0 Å². The fraction of sp³-hybridized carbons (Fsp3) is 0.0800. The van der Waals surface area contributed by atoms with E-state index in [2.05, 4.69) is 31.9 Å². The first-order valence-electron chi connectivity index (χ1n) is 10.1. The van der Waals surface area contributed by atoms with E-state index in [1.54, 1.807) is 42.5 Å². The normalized spacial score (nSPS) is 18.1. The number of carbonyl (C=O) groups is 1. The third-order valence-corrected chi connectivity index (χ3v) is 6.90. The number of hydroxylamine groups is 2. The lowest BCUT2D eigenvalue weighted by Gasteiger charge is -2.30. The Labute approximate surface area is 221 Å². The zero-order chi connectivity index (χ0) is 24.0. The minimum Gasteiger partial charge on any atom is -0.455 e. The molecule has 0 saturated heterocycles. The summed E-state index contributed by atoms with van der Waals surface area (Å²) in [5, 5.41) is 14.4. The molecule has 3 aromatic carbocycles. The summed E-state index contributed by atoms with van der Waals surface area (Å²) in [5.41, 5.74) is 0.0400. The number of para-hydroxylation sites is 1. The maximum Gasteiger partial charge on any atom is 0.281 e. The first-order valence-corrected chi connectivity index (χ1v) is 12.4. The predicted octanol–water partition coefficient (Wildman–Crippen LogP) is 7.47. The maximum atomic E-state index is 13.5. The molecule has 1 aromatic heterocycles. The lowest BCUT2D eigenvalue weighted by atomic mass is 10.0. The molecule has 1 N–H and O–H groups in total. The number of benzene rings is 3. The second-order valence-electron chi connectivity index (χ2n) is 7.70. The molecule has 0 bridgehead atoms. The monoisotopic (exact) mass is 621 g/mol. The van der Waals surface area contributed by atoms with Crippen molar-refractivity contribution in [1.29, 1.82) is 0 Å². The van der Waals surface area contributed by atoms with Crippen LogP contribution in [0.3, 0.4) is 0 Å². The molecule has 172 valence electrons. The van der Waals surface area contributed by atoms with Gasteiger partial charge in [-0.15, -0.1) is 0 Å². The fourth-order valence-electron chi connectivity index (χ4n) is 3.77. The van der Waals surface area contributed by atoms with Crippen LogP contribution in [0.1, 0.15) is 16.9 Å². The Balaban J connectivity index is 1.58. The molecule has 9 heteroatoms. The highest BCUT2D eigenvalue weighted by atomic mass is 79.9. The van der Waals surface area contributed by atoms with Crippen LogP contribution in [0.2, 0.25) is 10.0 Å². The second-order valence-corrected chi connectivity index (χ2v) is 10.4. The van der Waals surface area contributed by atoms with Crippen LogP contribution in [0.5, 0.6) is 0 Å². The van der Waals surface area contributed by atoms with Gasteiger partial charge in [-0.25, -0.2) is 0 Å². The number of carbonyl (C=O) groups excluding carboxylic acids is 1. The van der Waals surface area contributed by atoms with E-state index in [0.717, 1.165) is 19.4 Å². The highest BCUT2D eigenvalue weighted by molar-refractivity contribution is 9.11. The van der Waals surface area contributed by atoms with Crippen molar-refractivity contribution >= 4 is 77.5 Å². The average Bonchev–Trinajstić information content (AvgIpc) is 3.33. The van der Waals surface area contributed by atoms with Gasteiger partial charge in [0.2, 0.25) is 5.72 Å². The van der Waals surface area contributed by atoms with E-state index in [9.17, 15) is 9.90 Å². The Morgan fingerprint density at radius 3 is 2.44 bits per heavy atom. The molecule has 34 heavy (non-hydrogen) atoms. The SMILES string of the molecule is O=C1C(c2cc(Br)cc(Br)c2)=CC(O)(c2cc3ccccc3o2)N1OCc1ccc(Cl)cc1Cl. The molecule has 1 aliphatic rings. The van der Waals surface area contributed by atoms with E-state index >= 15 is 0 Å². The van der Waals surface area contributed by atoms with Crippen molar-refractivity contribution < 1.29 is 19.2 Å². The van der Waals surface area contributed by atoms with Gasteiger partial charge < -0.3 is 9.52 Å². The zero-order valence-corrected chi connectivity index (χ0v) is 22.0. The van der Waals surface area contributed by atoms with Crippen LogP contribution in [0, 0.1) is 0 Å². The molecule has 1 aliphatic heterocycles. The maximum absolute atomic E-state index is 13.5. The molecular weight excluding hydrogens is 609 g/mol. The van der Waals surface area contributed by atoms with Crippen molar-refractivity contribution in [2.24, 2.45) is 0 Å². The topological polar surface area (TPSA) is 62.9 Å². The Morgan fingerprint density at radius 2 is 1.74 bits per heavy atom. The molecule has 0 saturated carbocycles. The van der Waals surface area contributed by atoms with Gasteiger partial charge in [0.15, 0.2) is 5.76 Å². The summed E-state index contributed by atoms with van der Waals surface area (Å²) >= 11 is 19.2. The Kier molecular flexibility index (Phi) is 6.35. The summed E-state index contributed by atoms with van der Waals surface area (Å²) in [4.78, 5) is 19.4. The molecule has 4 aromatic rings. The summed E-state index contributed by atoms with van der Waals surface area (Å²) < 4.78 is 7.46. The van der Waals surface area contributed by atoms with Crippen LogP contribution in [-0.2, 0) is 22.0 Å². The second kappa shape index (κ2) is 9.15. The van der Waals surface area contributed by atoms with Crippen molar-refractivity contribution in [1.82, 2.24) is 5.06 Å². The fourth-order valence-corrected chi connectivity index (χ4v) is 5.52. The molecule has 5 rings (SSSR count). The number of amides is 1. The lowest BCUT2D eigenvalue weighted by Crippen LogP contribution is -2.43. The molecule has 1 amide bonds. The quantitative estimate of drug-likeness (QED) is 0.251. The van der Waals surface area contributed by atoms with Gasteiger partial charge >= 0.3 is 0 Å².